The molecule has 7 heteroatoms. The van der Waals surface area contributed by atoms with Gasteiger partial charge in [0.15, 0.2) is 0 Å². The van der Waals surface area contributed by atoms with E-state index in [1.54, 1.807) is 12.1 Å². The first kappa shape index (κ1) is 23.1. The fourth-order valence-corrected chi connectivity index (χ4v) is 6.48. The molecule has 1 spiro atoms. The Balaban J connectivity index is 1.37. The molecule has 1 aliphatic carbocycles. The molecule has 1 fully saturated rings. The van der Waals surface area contributed by atoms with Crippen molar-refractivity contribution < 1.29 is 24.2 Å². The lowest BCUT2D eigenvalue weighted by atomic mass is 9.84. The highest BCUT2D eigenvalue weighted by Gasteiger charge is 2.51. The first-order valence-electron chi connectivity index (χ1n) is 11.9. The number of aliphatic hydroxyl groups is 1. The van der Waals surface area contributed by atoms with Crippen LogP contribution in [0.2, 0.25) is 0 Å². The molecule has 0 radical (unpaired) electrons. The molecule has 0 bridgehead atoms. The lowest BCUT2D eigenvalue weighted by molar-refractivity contribution is -0.111. The van der Waals surface area contributed by atoms with E-state index in [-0.39, 0.29) is 11.9 Å². The zero-order chi connectivity index (χ0) is 23.7. The van der Waals surface area contributed by atoms with Crippen molar-refractivity contribution in [3.05, 3.63) is 70.1 Å². The third-order valence-corrected chi connectivity index (χ3v) is 8.41. The molecule has 3 aliphatic rings. The van der Waals surface area contributed by atoms with E-state index in [4.69, 9.17) is 9.47 Å². The van der Waals surface area contributed by atoms with Gasteiger partial charge >= 0.3 is 0 Å². The van der Waals surface area contributed by atoms with E-state index >= 15 is 0 Å². The summed E-state index contributed by atoms with van der Waals surface area (Å²) < 4.78 is 12.5. The number of fused-ring (bicyclic) bond motifs is 2. The fourth-order valence-electron chi connectivity index (χ4n) is 4.92. The number of aliphatic hydroxyl groups excluding tert-OH is 1. The number of carbonyl (C=O) groups is 2. The first-order valence-corrected chi connectivity index (χ1v) is 12.8. The van der Waals surface area contributed by atoms with Gasteiger partial charge in [-0.3, -0.25) is 9.59 Å². The molecule has 34 heavy (non-hydrogen) atoms. The largest absolute Gasteiger partial charge is 0.491 e. The van der Waals surface area contributed by atoms with Crippen LogP contribution in [0.15, 0.2) is 53.4 Å². The number of ketones is 2. The Morgan fingerprint density at radius 1 is 1.09 bits per heavy atom. The average molecular weight is 480 g/mol. The molecule has 2 aliphatic heterocycles. The second kappa shape index (κ2) is 9.56. The normalized spacial score (nSPS) is 22.1. The Hall–Kier alpha value is -2.61. The number of piperidine rings is 1. The average Bonchev–Trinajstić information content (AvgIpc) is 2.88. The Morgan fingerprint density at radius 3 is 2.50 bits per heavy atom. The zero-order valence-corrected chi connectivity index (χ0v) is 20.0. The number of allylic oxidation sites excluding steroid dienone is 1. The number of hydrogen-bond acceptors (Lipinski definition) is 7. The van der Waals surface area contributed by atoms with Gasteiger partial charge < -0.3 is 19.9 Å². The predicted octanol–water partition coefficient (Wildman–Crippen LogP) is 3.77. The monoisotopic (exact) mass is 479 g/mol. The summed E-state index contributed by atoms with van der Waals surface area (Å²) in [6.45, 7) is 3.85. The van der Waals surface area contributed by atoms with Crippen molar-refractivity contribution >= 4 is 29.1 Å². The number of rotatable bonds is 6. The molecule has 2 heterocycles. The molecule has 5 rings (SSSR count). The maximum Gasteiger partial charge on any atom is 0.243 e. The molecular weight excluding hydrogens is 450 g/mol. The highest BCUT2D eigenvalue weighted by Crippen LogP contribution is 2.51. The summed E-state index contributed by atoms with van der Waals surface area (Å²) in [4.78, 5) is 26.1. The van der Waals surface area contributed by atoms with Crippen molar-refractivity contribution in [3.8, 4) is 5.75 Å². The second-order valence-corrected chi connectivity index (χ2v) is 10.3. The molecule has 2 N–H and O–H groups in total. The summed E-state index contributed by atoms with van der Waals surface area (Å²) in [6, 6.07) is 15.0. The molecule has 0 saturated carbocycles. The summed E-state index contributed by atoms with van der Waals surface area (Å²) in [5.74, 6) is 0.222. The van der Waals surface area contributed by atoms with Gasteiger partial charge in [-0.15, -0.1) is 11.8 Å². The summed E-state index contributed by atoms with van der Waals surface area (Å²) in [5, 5.41) is 14.1. The van der Waals surface area contributed by atoms with E-state index in [0.717, 1.165) is 38.1 Å². The van der Waals surface area contributed by atoms with Crippen LogP contribution in [0.25, 0.3) is 5.76 Å². The highest BCUT2D eigenvalue weighted by atomic mass is 32.2. The molecule has 2 atom stereocenters. The van der Waals surface area contributed by atoms with Gasteiger partial charge in [0.05, 0.1) is 11.4 Å². The van der Waals surface area contributed by atoms with Crippen LogP contribution in [-0.2, 0) is 16.0 Å². The van der Waals surface area contributed by atoms with E-state index < -0.39 is 23.3 Å². The van der Waals surface area contributed by atoms with E-state index in [1.807, 2.05) is 36.4 Å². The van der Waals surface area contributed by atoms with Gasteiger partial charge in [-0.1, -0.05) is 43.3 Å². The highest BCUT2D eigenvalue weighted by molar-refractivity contribution is 8.05. The summed E-state index contributed by atoms with van der Waals surface area (Å²) in [7, 11) is 0. The van der Waals surface area contributed by atoms with Gasteiger partial charge in [-0.2, -0.15) is 0 Å². The van der Waals surface area contributed by atoms with E-state index in [9.17, 15) is 14.7 Å². The van der Waals surface area contributed by atoms with Crippen LogP contribution in [0, 0.1) is 0 Å². The summed E-state index contributed by atoms with van der Waals surface area (Å²) in [6.07, 6.45) is 2.15. The van der Waals surface area contributed by atoms with Gasteiger partial charge in [0.1, 0.15) is 28.6 Å². The Bertz CT molecular complexity index is 1120. The Kier molecular flexibility index (Phi) is 6.51. The molecule has 2 aromatic rings. The first-order chi connectivity index (χ1) is 16.5. The van der Waals surface area contributed by atoms with Crippen LogP contribution >= 0.6 is 11.8 Å². The van der Waals surface area contributed by atoms with Gasteiger partial charge in [-0.05, 0) is 43.6 Å². The number of Topliss-reactive ketones (excluding diaryl/α,β-unsaturated/α-hetero) is 2. The van der Waals surface area contributed by atoms with Crippen LogP contribution in [0.5, 0.6) is 5.75 Å². The number of carbonyl (C=O) groups excluding carboxylic acids is 2. The van der Waals surface area contributed by atoms with Crippen molar-refractivity contribution in [2.45, 2.75) is 49.6 Å². The van der Waals surface area contributed by atoms with Crippen molar-refractivity contribution in [1.29, 1.82) is 0 Å². The minimum absolute atomic E-state index is 0.151. The molecular formula is C27H29NO5S. The third kappa shape index (κ3) is 4.28. The lowest BCUT2D eigenvalue weighted by Gasteiger charge is -2.48. The topological polar surface area (TPSA) is 84.9 Å². The van der Waals surface area contributed by atoms with Crippen molar-refractivity contribution in [2.75, 3.05) is 19.7 Å². The minimum Gasteiger partial charge on any atom is -0.491 e. The fraction of sp³-hybridized carbons (Fsp3) is 0.407. The smallest absolute Gasteiger partial charge is 0.243 e. The number of ether oxygens (including phenoxy) is 2. The van der Waals surface area contributed by atoms with Crippen molar-refractivity contribution in [2.24, 2.45) is 0 Å². The maximum absolute atomic E-state index is 13.0. The SMILES string of the molecule is CCc1ccc(OC[C@@H](O)CC2SC3=C(OC24CCNCC4)c2ccccc2C(=O)C3=O)cc1. The van der Waals surface area contributed by atoms with E-state index in [0.29, 0.717) is 28.2 Å². The minimum atomic E-state index is -0.734. The van der Waals surface area contributed by atoms with E-state index in [2.05, 4.69) is 12.2 Å². The maximum atomic E-state index is 13.0. The molecule has 6 nitrogen and oxygen atoms in total. The quantitative estimate of drug-likeness (QED) is 0.610. The number of nitrogens with one attached hydrogen (secondary N) is 1. The van der Waals surface area contributed by atoms with Crippen molar-refractivity contribution in [1.82, 2.24) is 5.32 Å². The summed E-state index contributed by atoms with van der Waals surface area (Å²) in [5.41, 5.74) is 1.79. The molecule has 2 aromatic carbocycles. The summed E-state index contributed by atoms with van der Waals surface area (Å²) >= 11 is 1.39. The number of benzene rings is 2. The number of thioether (sulfide) groups is 1. The molecule has 178 valence electrons. The van der Waals surface area contributed by atoms with Gasteiger partial charge in [0.2, 0.25) is 11.6 Å². The lowest BCUT2D eigenvalue weighted by Crippen LogP contribution is -2.54. The van der Waals surface area contributed by atoms with Gasteiger partial charge in [0.25, 0.3) is 0 Å². The van der Waals surface area contributed by atoms with Crippen LogP contribution in [0.4, 0.5) is 0 Å². The van der Waals surface area contributed by atoms with Gasteiger partial charge in [0, 0.05) is 24.0 Å². The standard InChI is InChI=1S/C27H29NO5S/c1-2-17-7-9-19(10-8-17)32-16-18(29)15-22-27(11-13-28-14-12-27)33-25-21-6-4-3-5-20(21)23(30)24(31)26(25)34-22/h3-10,18,22,28-29H,2,11-16H2,1H3/t18-,22?/m0/s1. The molecule has 0 aromatic heterocycles. The number of aryl methyl sites for hydroxylation is 1. The number of hydrogen-bond donors (Lipinski definition) is 2. The Labute approximate surface area is 203 Å². The van der Waals surface area contributed by atoms with Crippen LogP contribution in [0.3, 0.4) is 0 Å². The Morgan fingerprint density at radius 2 is 1.79 bits per heavy atom. The van der Waals surface area contributed by atoms with E-state index in [1.165, 1.54) is 17.3 Å². The third-order valence-electron chi connectivity index (χ3n) is 6.90. The van der Waals surface area contributed by atoms with Crippen LogP contribution in [0.1, 0.15) is 47.7 Å². The zero-order valence-electron chi connectivity index (χ0n) is 19.2. The van der Waals surface area contributed by atoms with Gasteiger partial charge in [-0.25, -0.2) is 0 Å². The molecule has 1 saturated heterocycles. The predicted molar refractivity (Wildman–Crippen MR) is 132 cm³/mol. The molecule has 1 unspecified atom stereocenters. The van der Waals surface area contributed by atoms with Crippen LogP contribution in [-0.4, -0.2) is 53.3 Å². The van der Waals surface area contributed by atoms with Crippen molar-refractivity contribution in [3.63, 3.8) is 0 Å². The second-order valence-electron chi connectivity index (χ2n) is 9.08. The van der Waals surface area contributed by atoms with Crippen LogP contribution < -0.4 is 10.1 Å². The molecule has 0 amide bonds.